The SMILES string of the molecule is CCCCCCCCc1ccc(-c2ncc(-c3ccc(OCC(C)F)cc3)cn2)cc1. The summed E-state index contributed by atoms with van der Waals surface area (Å²) >= 11 is 0. The van der Waals surface area contributed by atoms with Gasteiger partial charge in [0.2, 0.25) is 0 Å². The number of hydrogen-bond acceptors (Lipinski definition) is 3. The van der Waals surface area contributed by atoms with Crippen molar-refractivity contribution < 1.29 is 9.13 Å². The molecule has 0 spiro atoms. The van der Waals surface area contributed by atoms with Gasteiger partial charge in [-0.3, -0.25) is 0 Å². The lowest BCUT2D eigenvalue weighted by atomic mass is 10.0. The Hall–Kier alpha value is -2.75. The number of benzene rings is 2. The quantitative estimate of drug-likeness (QED) is 0.285. The molecule has 164 valence electrons. The Morgan fingerprint density at radius 2 is 1.39 bits per heavy atom. The Bertz CT molecular complexity index is 890. The lowest BCUT2D eigenvalue weighted by Gasteiger charge is -2.08. The highest BCUT2D eigenvalue weighted by molar-refractivity contribution is 5.64. The lowest BCUT2D eigenvalue weighted by molar-refractivity contribution is 0.210. The first-order chi connectivity index (χ1) is 15.2. The third kappa shape index (κ3) is 7.46. The fraction of sp³-hybridized carbons (Fsp3) is 0.407. The first kappa shape index (κ1) is 22.9. The number of rotatable bonds is 12. The predicted molar refractivity (Wildman–Crippen MR) is 126 cm³/mol. The number of unbranched alkanes of at least 4 members (excludes halogenated alkanes) is 5. The monoisotopic (exact) mass is 420 g/mol. The highest BCUT2D eigenvalue weighted by Gasteiger charge is 2.05. The van der Waals surface area contributed by atoms with Crippen LogP contribution in [0.5, 0.6) is 5.75 Å². The second kappa shape index (κ2) is 12.2. The minimum Gasteiger partial charge on any atom is -0.491 e. The zero-order chi connectivity index (χ0) is 21.9. The van der Waals surface area contributed by atoms with Crippen LogP contribution in [0.25, 0.3) is 22.5 Å². The molecule has 0 aliphatic heterocycles. The van der Waals surface area contributed by atoms with Crippen LogP contribution in [0.3, 0.4) is 0 Å². The third-order valence-electron chi connectivity index (χ3n) is 5.35. The third-order valence-corrected chi connectivity index (χ3v) is 5.35. The van der Waals surface area contributed by atoms with E-state index in [1.807, 2.05) is 36.7 Å². The van der Waals surface area contributed by atoms with Gasteiger partial charge >= 0.3 is 0 Å². The molecule has 0 amide bonds. The van der Waals surface area contributed by atoms with Gasteiger partial charge in [0.15, 0.2) is 5.82 Å². The molecule has 0 aliphatic carbocycles. The van der Waals surface area contributed by atoms with Crippen LogP contribution in [0.4, 0.5) is 4.39 Å². The molecule has 3 nitrogen and oxygen atoms in total. The van der Waals surface area contributed by atoms with E-state index in [2.05, 4.69) is 41.2 Å². The van der Waals surface area contributed by atoms with Crippen LogP contribution in [-0.4, -0.2) is 22.7 Å². The number of nitrogens with zero attached hydrogens (tertiary/aromatic N) is 2. The molecule has 0 aliphatic rings. The molecule has 3 rings (SSSR count). The summed E-state index contributed by atoms with van der Waals surface area (Å²) in [6, 6.07) is 16.2. The summed E-state index contributed by atoms with van der Waals surface area (Å²) in [6.07, 6.45) is 11.8. The highest BCUT2D eigenvalue weighted by Crippen LogP contribution is 2.23. The molecule has 3 aromatic rings. The number of halogens is 1. The Kier molecular flexibility index (Phi) is 9.01. The molecule has 0 saturated carbocycles. The molecule has 4 heteroatoms. The van der Waals surface area contributed by atoms with Gasteiger partial charge in [-0.25, -0.2) is 14.4 Å². The fourth-order valence-corrected chi connectivity index (χ4v) is 3.51. The van der Waals surface area contributed by atoms with Crippen molar-refractivity contribution in [3.63, 3.8) is 0 Å². The normalized spacial score (nSPS) is 12.0. The van der Waals surface area contributed by atoms with Crippen molar-refractivity contribution in [2.45, 2.75) is 65.0 Å². The Morgan fingerprint density at radius 1 is 0.774 bits per heavy atom. The summed E-state index contributed by atoms with van der Waals surface area (Å²) in [6.45, 7) is 3.80. The van der Waals surface area contributed by atoms with Crippen molar-refractivity contribution in [3.8, 4) is 28.3 Å². The number of aryl methyl sites for hydroxylation is 1. The standard InChI is InChI=1S/C27H33FN2O/c1-3-4-5-6-7-8-9-22-10-12-24(13-11-22)27-29-18-25(19-30-27)23-14-16-26(17-15-23)31-20-21(2)28/h10-19,21H,3-9,20H2,1-2H3. The molecule has 0 saturated heterocycles. The Labute approximate surface area is 185 Å². The van der Waals surface area contributed by atoms with Crippen molar-refractivity contribution in [1.82, 2.24) is 9.97 Å². The first-order valence-corrected chi connectivity index (χ1v) is 11.4. The van der Waals surface area contributed by atoms with Crippen LogP contribution in [0.2, 0.25) is 0 Å². The van der Waals surface area contributed by atoms with Crippen LogP contribution < -0.4 is 4.74 Å². The maximum Gasteiger partial charge on any atom is 0.159 e. The summed E-state index contributed by atoms with van der Waals surface area (Å²) < 4.78 is 18.3. The number of hydrogen-bond donors (Lipinski definition) is 0. The van der Waals surface area contributed by atoms with Crippen LogP contribution in [0.15, 0.2) is 60.9 Å². The topological polar surface area (TPSA) is 35.0 Å². The van der Waals surface area contributed by atoms with E-state index in [-0.39, 0.29) is 6.61 Å². The van der Waals surface area contributed by atoms with Gasteiger partial charge in [0.25, 0.3) is 0 Å². The molecule has 0 bridgehead atoms. The molecule has 2 aromatic carbocycles. The van der Waals surface area contributed by atoms with E-state index in [4.69, 9.17) is 4.74 Å². The maximum atomic E-state index is 12.9. The number of alkyl halides is 1. The molecule has 1 heterocycles. The van der Waals surface area contributed by atoms with E-state index in [9.17, 15) is 4.39 Å². The Balaban J connectivity index is 1.53. The van der Waals surface area contributed by atoms with Gasteiger partial charge < -0.3 is 4.74 Å². The van der Waals surface area contributed by atoms with Crippen molar-refractivity contribution in [2.24, 2.45) is 0 Å². The first-order valence-electron chi connectivity index (χ1n) is 11.4. The summed E-state index contributed by atoms with van der Waals surface area (Å²) in [5, 5.41) is 0. The molecule has 1 unspecified atom stereocenters. The Morgan fingerprint density at radius 3 is 2.03 bits per heavy atom. The zero-order valence-corrected chi connectivity index (χ0v) is 18.7. The van der Waals surface area contributed by atoms with Gasteiger partial charge in [0.05, 0.1) is 0 Å². The van der Waals surface area contributed by atoms with Gasteiger partial charge in [-0.15, -0.1) is 0 Å². The second-order valence-electron chi connectivity index (χ2n) is 8.13. The average Bonchev–Trinajstić information content (AvgIpc) is 2.81. The maximum absolute atomic E-state index is 12.9. The second-order valence-corrected chi connectivity index (χ2v) is 8.13. The predicted octanol–water partition coefficient (Wildman–Crippen LogP) is 7.45. The molecule has 31 heavy (non-hydrogen) atoms. The van der Waals surface area contributed by atoms with Gasteiger partial charge in [-0.2, -0.15) is 0 Å². The van der Waals surface area contributed by atoms with Crippen molar-refractivity contribution in [3.05, 3.63) is 66.5 Å². The molecule has 0 N–H and O–H groups in total. The minimum absolute atomic E-state index is 0.0644. The van der Waals surface area contributed by atoms with Gasteiger partial charge in [0.1, 0.15) is 18.5 Å². The lowest BCUT2D eigenvalue weighted by Crippen LogP contribution is -2.08. The summed E-state index contributed by atoms with van der Waals surface area (Å²) in [5.74, 6) is 1.39. The molecule has 1 aromatic heterocycles. The van der Waals surface area contributed by atoms with Crippen molar-refractivity contribution in [1.29, 1.82) is 0 Å². The average molecular weight is 421 g/mol. The van der Waals surface area contributed by atoms with Crippen molar-refractivity contribution in [2.75, 3.05) is 6.61 Å². The van der Waals surface area contributed by atoms with Crippen LogP contribution in [0.1, 0.15) is 57.9 Å². The van der Waals surface area contributed by atoms with Gasteiger partial charge in [0, 0.05) is 23.5 Å². The van der Waals surface area contributed by atoms with E-state index < -0.39 is 6.17 Å². The largest absolute Gasteiger partial charge is 0.491 e. The summed E-state index contributed by atoms with van der Waals surface area (Å²) in [4.78, 5) is 9.10. The fourth-order valence-electron chi connectivity index (χ4n) is 3.51. The van der Waals surface area contributed by atoms with E-state index in [0.29, 0.717) is 5.75 Å². The zero-order valence-electron chi connectivity index (χ0n) is 18.7. The molecule has 0 fully saturated rings. The van der Waals surface area contributed by atoms with Crippen molar-refractivity contribution >= 4 is 0 Å². The molecular weight excluding hydrogens is 387 g/mol. The van der Waals surface area contributed by atoms with E-state index in [1.165, 1.54) is 51.0 Å². The van der Waals surface area contributed by atoms with Crippen LogP contribution in [-0.2, 0) is 6.42 Å². The van der Waals surface area contributed by atoms with Crippen LogP contribution in [0, 0.1) is 0 Å². The molecular formula is C27H33FN2O. The number of ether oxygens (including phenoxy) is 1. The highest BCUT2D eigenvalue weighted by atomic mass is 19.1. The van der Waals surface area contributed by atoms with Gasteiger partial charge in [-0.1, -0.05) is 75.4 Å². The van der Waals surface area contributed by atoms with Crippen LogP contribution >= 0.6 is 0 Å². The van der Waals surface area contributed by atoms with E-state index in [0.717, 1.165) is 28.9 Å². The number of aromatic nitrogens is 2. The minimum atomic E-state index is -0.981. The molecule has 0 radical (unpaired) electrons. The summed E-state index contributed by atoms with van der Waals surface area (Å²) in [5.41, 5.74) is 4.35. The van der Waals surface area contributed by atoms with Gasteiger partial charge in [-0.05, 0) is 43.0 Å². The summed E-state index contributed by atoms with van der Waals surface area (Å²) in [7, 11) is 0. The molecule has 1 atom stereocenters. The van der Waals surface area contributed by atoms with E-state index in [1.54, 1.807) is 0 Å². The van der Waals surface area contributed by atoms with E-state index >= 15 is 0 Å². The smallest absolute Gasteiger partial charge is 0.159 e.